The Balaban J connectivity index is 1.60. The van der Waals surface area contributed by atoms with E-state index in [9.17, 15) is 4.79 Å². The fourth-order valence-electron chi connectivity index (χ4n) is 4.07. The molecule has 3 aromatic rings. The summed E-state index contributed by atoms with van der Waals surface area (Å²) in [7, 11) is 6.12. The Kier molecular flexibility index (Phi) is 5.65. The maximum absolute atomic E-state index is 13.3. The monoisotopic (exact) mass is 391 g/mol. The van der Waals surface area contributed by atoms with E-state index >= 15 is 0 Å². The average Bonchev–Trinajstić information content (AvgIpc) is 3.34. The summed E-state index contributed by atoms with van der Waals surface area (Å²) in [5.41, 5.74) is 3.47. The highest BCUT2D eigenvalue weighted by atomic mass is 16.2. The number of hydrogen-bond acceptors (Lipinski definition) is 4. The van der Waals surface area contributed by atoms with Gasteiger partial charge in [0.25, 0.3) is 5.91 Å². The van der Waals surface area contributed by atoms with Crippen LogP contribution in [0.4, 0.5) is 0 Å². The minimum absolute atomic E-state index is 0.0316. The number of carbonyl (C=O) groups excluding carboxylic acids is 1. The maximum Gasteiger partial charge on any atom is 0.274 e. The van der Waals surface area contributed by atoms with E-state index in [4.69, 9.17) is 4.98 Å². The molecule has 0 spiro atoms. The van der Waals surface area contributed by atoms with Crippen molar-refractivity contribution in [1.29, 1.82) is 0 Å². The lowest BCUT2D eigenvalue weighted by molar-refractivity contribution is 0.0777. The summed E-state index contributed by atoms with van der Waals surface area (Å²) >= 11 is 0. The van der Waals surface area contributed by atoms with E-state index in [1.165, 1.54) is 0 Å². The molecule has 1 aliphatic heterocycles. The third-order valence-electron chi connectivity index (χ3n) is 5.79. The van der Waals surface area contributed by atoms with Gasteiger partial charge in [-0.25, -0.2) is 4.98 Å². The van der Waals surface area contributed by atoms with Crippen LogP contribution in [0, 0.1) is 0 Å². The van der Waals surface area contributed by atoms with Gasteiger partial charge in [0, 0.05) is 45.5 Å². The highest BCUT2D eigenvalue weighted by Crippen LogP contribution is 2.21. The Morgan fingerprint density at radius 3 is 2.59 bits per heavy atom. The molecule has 1 saturated heterocycles. The van der Waals surface area contributed by atoms with Gasteiger partial charge in [0.2, 0.25) is 0 Å². The first-order chi connectivity index (χ1) is 14.0. The van der Waals surface area contributed by atoms with Gasteiger partial charge in [-0.1, -0.05) is 36.4 Å². The van der Waals surface area contributed by atoms with Gasteiger partial charge in [0.05, 0.1) is 5.69 Å². The van der Waals surface area contributed by atoms with Crippen molar-refractivity contribution in [3.05, 3.63) is 71.7 Å². The van der Waals surface area contributed by atoms with Crippen LogP contribution in [0.15, 0.2) is 54.7 Å². The number of likely N-dealkylation sites (N-methyl/N-ethyl adjacent to an activating group) is 1. The van der Waals surface area contributed by atoms with Crippen LogP contribution < -0.4 is 0 Å². The van der Waals surface area contributed by atoms with E-state index in [0.29, 0.717) is 18.3 Å². The maximum atomic E-state index is 13.3. The molecular formula is C23H29N5O. The molecule has 1 aromatic carbocycles. The second kappa shape index (κ2) is 8.35. The second-order valence-electron chi connectivity index (χ2n) is 8.12. The number of imidazole rings is 1. The number of benzene rings is 1. The van der Waals surface area contributed by atoms with Crippen molar-refractivity contribution < 1.29 is 4.79 Å². The predicted octanol–water partition coefficient (Wildman–Crippen LogP) is 2.74. The molecule has 4 rings (SSSR count). The van der Waals surface area contributed by atoms with E-state index in [1.54, 1.807) is 4.90 Å². The molecule has 0 saturated carbocycles. The van der Waals surface area contributed by atoms with Crippen molar-refractivity contribution in [3.63, 3.8) is 0 Å². The van der Waals surface area contributed by atoms with Gasteiger partial charge < -0.3 is 14.2 Å². The topological polar surface area (TPSA) is 44.1 Å². The lowest BCUT2D eigenvalue weighted by Crippen LogP contribution is -2.32. The first kappa shape index (κ1) is 19.6. The number of hydrogen-bond donors (Lipinski definition) is 0. The van der Waals surface area contributed by atoms with Crippen LogP contribution in [-0.2, 0) is 13.1 Å². The van der Waals surface area contributed by atoms with Crippen molar-refractivity contribution in [1.82, 2.24) is 24.1 Å². The Morgan fingerprint density at radius 1 is 1.10 bits per heavy atom. The molecule has 3 heterocycles. The standard InChI is InChI=1S/C23H29N5O/c1-25(2)19-12-14-27(16-19)17-20-22(24-21-11-7-8-13-28(20)21)23(29)26(3)15-18-9-5-4-6-10-18/h4-11,13,19H,12,14-17H2,1-3H3/t19-/m1/s1. The van der Waals surface area contributed by atoms with Crippen molar-refractivity contribution in [3.8, 4) is 0 Å². The zero-order valence-electron chi connectivity index (χ0n) is 17.5. The number of carbonyl (C=O) groups is 1. The first-order valence-electron chi connectivity index (χ1n) is 10.2. The van der Waals surface area contributed by atoms with Gasteiger partial charge in [0.1, 0.15) is 5.65 Å². The minimum atomic E-state index is -0.0316. The highest BCUT2D eigenvalue weighted by Gasteiger charge is 2.28. The average molecular weight is 392 g/mol. The molecule has 1 amide bonds. The number of aromatic nitrogens is 2. The van der Waals surface area contributed by atoms with Gasteiger partial charge in [0.15, 0.2) is 5.69 Å². The molecule has 6 nitrogen and oxygen atoms in total. The Bertz CT molecular complexity index is 981. The fourth-order valence-corrected chi connectivity index (χ4v) is 4.07. The lowest BCUT2D eigenvalue weighted by atomic mass is 10.2. The predicted molar refractivity (Wildman–Crippen MR) is 115 cm³/mol. The highest BCUT2D eigenvalue weighted by molar-refractivity contribution is 5.94. The molecule has 0 unspecified atom stereocenters. The van der Waals surface area contributed by atoms with Crippen molar-refractivity contribution in [2.45, 2.75) is 25.6 Å². The normalized spacial score (nSPS) is 17.3. The van der Waals surface area contributed by atoms with Gasteiger partial charge in [-0.3, -0.25) is 9.69 Å². The summed E-state index contributed by atoms with van der Waals surface area (Å²) in [6.45, 7) is 3.35. The largest absolute Gasteiger partial charge is 0.336 e. The lowest BCUT2D eigenvalue weighted by Gasteiger charge is -2.21. The Labute approximate surface area is 172 Å². The number of pyridine rings is 1. The zero-order chi connectivity index (χ0) is 20.4. The fraction of sp³-hybridized carbons (Fsp3) is 0.391. The van der Waals surface area contributed by atoms with Gasteiger partial charge in [-0.05, 0) is 38.2 Å². The van der Waals surface area contributed by atoms with Crippen LogP contribution >= 0.6 is 0 Å². The van der Waals surface area contributed by atoms with Crippen molar-refractivity contribution >= 4 is 11.6 Å². The van der Waals surface area contributed by atoms with Crippen LogP contribution in [-0.4, -0.2) is 70.3 Å². The SMILES string of the molecule is CN(Cc1ccccc1)C(=O)c1nc2ccccn2c1CN1CC[C@@H](N(C)C)C1. The molecule has 0 bridgehead atoms. The number of likely N-dealkylation sites (tertiary alicyclic amines) is 1. The molecule has 0 aliphatic carbocycles. The minimum Gasteiger partial charge on any atom is -0.336 e. The first-order valence-corrected chi connectivity index (χ1v) is 10.2. The summed E-state index contributed by atoms with van der Waals surface area (Å²) in [6, 6.07) is 16.6. The number of rotatable bonds is 6. The Hall–Kier alpha value is -2.70. The van der Waals surface area contributed by atoms with E-state index in [1.807, 2.05) is 61.8 Å². The molecule has 0 radical (unpaired) electrons. The van der Waals surface area contributed by atoms with Gasteiger partial charge >= 0.3 is 0 Å². The van der Waals surface area contributed by atoms with E-state index < -0.39 is 0 Å². The molecule has 1 aliphatic rings. The van der Waals surface area contributed by atoms with Crippen LogP contribution in [0.2, 0.25) is 0 Å². The summed E-state index contributed by atoms with van der Waals surface area (Å²) in [6.07, 6.45) is 3.16. The molecule has 6 heteroatoms. The smallest absolute Gasteiger partial charge is 0.274 e. The zero-order valence-corrected chi connectivity index (χ0v) is 17.5. The molecule has 2 aromatic heterocycles. The van der Waals surface area contributed by atoms with Crippen molar-refractivity contribution in [2.24, 2.45) is 0 Å². The van der Waals surface area contributed by atoms with Crippen molar-refractivity contribution in [2.75, 3.05) is 34.2 Å². The molecule has 1 atom stereocenters. The molecule has 29 heavy (non-hydrogen) atoms. The van der Waals surface area contributed by atoms with Crippen LogP contribution in [0.5, 0.6) is 0 Å². The number of nitrogens with zero attached hydrogens (tertiary/aromatic N) is 5. The number of fused-ring (bicyclic) bond motifs is 1. The quantitative estimate of drug-likeness (QED) is 0.648. The molecule has 1 fully saturated rings. The number of amides is 1. The molecule has 0 N–H and O–H groups in total. The second-order valence-corrected chi connectivity index (χ2v) is 8.12. The van der Waals surface area contributed by atoms with Gasteiger partial charge in [-0.2, -0.15) is 0 Å². The third kappa shape index (κ3) is 4.18. The summed E-state index contributed by atoms with van der Waals surface area (Å²) in [5, 5.41) is 0. The van der Waals surface area contributed by atoms with Gasteiger partial charge in [-0.15, -0.1) is 0 Å². The Morgan fingerprint density at radius 2 is 1.86 bits per heavy atom. The summed E-state index contributed by atoms with van der Waals surface area (Å²) < 4.78 is 2.06. The van der Waals surface area contributed by atoms with E-state index in [2.05, 4.69) is 28.3 Å². The van der Waals surface area contributed by atoms with Crippen LogP contribution in [0.25, 0.3) is 5.65 Å². The van der Waals surface area contributed by atoms with Crippen LogP contribution in [0.1, 0.15) is 28.2 Å². The molecule has 152 valence electrons. The van der Waals surface area contributed by atoms with E-state index in [0.717, 1.165) is 43.0 Å². The summed E-state index contributed by atoms with van der Waals surface area (Å²) in [5.74, 6) is -0.0316. The van der Waals surface area contributed by atoms with Crippen LogP contribution in [0.3, 0.4) is 0 Å². The van der Waals surface area contributed by atoms with E-state index in [-0.39, 0.29) is 5.91 Å². The molecular weight excluding hydrogens is 362 g/mol. The third-order valence-corrected chi connectivity index (χ3v) is 5.79. The summed E-state index contributed by atoms with van der Waals surface area (Å²) in [4.78, 5) is 24.5.